The standard InChI is InChI=1S/C5H4ClFN2/c6-4-3(7)1-2-9-5(4)8/h1-2H,(H2,8,9). The predicted molar refractivity (Wildman–Crippen MR) is 33.6 cm³/mol. The summed E-state index contributed by atoms with van der Waals surface area (Å²) in [4.78, 5) is 3.55. The van der Waals surface area contributed by atoms with Crippen LogP contribution in [0.25, 0.3) is 0 Å². The molecule has 0 saturated carbocycles. The minimum absolute atomic E-state index is 0.0247. The molecule has 0 aliphatic heterocycles. The van der Waals surface area contributed by atoms with Crippen molar-refractivity contribution in [3.63, 3.8) is 0 Å². The summed E-state index contributed by atoms with van der Waals surface area (Å²) in [5.74, 6) is -0.513. The van der Waals surface area contributed by atoms with Crippen molar-refractivity contribution in [2.24, 2.45) is 0 Å². The van der Waals surface area contributed by atoms with E-state index in [0.717, 1.165) is 6.07 Å². The Labute approximate surface area is 56.5 Å². The van der Waals surface area contributed by atoms with Gasteiger partial charge in [0.15, 0.2) is 0 Å². The van der Waals surface area contributed by atoms with E-state index in [1.54, 1.807) is 0 Å². The molecule has 0 amide bonds. The Morgan fingerprint density at radius 1 is 1.67 bits per heavy atom. The van der Waals surface area contributed by atoms with Gasteiger partial charge in [-0.3, -0.25) is 0 Å². The maximum Gasteiger partial charge on any atom is 0.147 e. The number of aromatic nitrogens is 1. The largest absolute Gasteiger partial charge is 0.382 e. The molecule has 1 rings (SSSR count). The van der Waals surface area contributed by atoms with Crippen LogP contribution in [0.3, 0.4) is 0 Å². The Kier molecular flexibility index (Phi) is 1.53. The number of anilines is 1. The molecule has 0 aliphatic rings. The van der Waals surface area contributed by atoms with Crippen LogP contribution < -0.4 is 5.73 Å². The van der Waals surface area contributed by atoms with Gasteiger partial charge in [-0.2, -0.15) is 0 Å². The van der Waals surface area contributed by atoms with E-state index >= 15 is 0 Å². The van der Waals surface area contributed by atoms with Gasteiger partial charge in [0.25, 0.3) is 0 Å². The Balaban J connectivity index is 3.25. The Bertz CT molecular complexity index is 206. The minimum Gasteiger partial charge on any atom is -0.382 e. The van der Waals surface area contributed by atoms with E-state index in [2.05, 4.69) is 4.98 Å². The number of halogens is 2. The van der Waals surface area contributed by atoms with Crippen LogP contribution in [0.4, 0.5) is 10.2 Å². The molecule has 9 heavy (non-hydrogen) atoms. The molecule has 1 heterocycles. The molecule has 2 nitrogen and oxygen atoms in total. The number of nitrogens with two attached hydrogens (primary N) is 1. The van der Waals surface area contributed by atoms with E-state index in [1.807, 2.05) is 0 Å². The first-order chi connectivity index (χ1) is 4.22. The van der Waals surface area contributed by atoms with Crippen LogP contribution in [0.1, 0.15) is 0 Å². The van der Waals surface area contributed by atoms with E-state index in [1.165, 1.54) is 6.20 Å². The van der Waals surface area contributed by atoms with Crippen molar-refractivity contribution in [2.75, 3.05) is 5.73 Å². The molecule has 48 valence electrons. The highest BCUT2D eigenvalue weighted by molar-refractivity contribution is 6.32. The molecule has 0 bridgehead atoms. The molecule has 0 unspecified atom stereocenters. The van der Waals surface area contributed by atoms with Crippen LogP contribution in [-0.4, -0.2) is 4.98 Å². The van der Waals surface area contributed by atoms with Gasteiger partial charge in [-0.25, -0.2) is 9.37 Å². The smallest absolute Gasteiger partial charge is 0.147 e. The van der Waals surface area contributed by atoms with Gasteiger partial charge in [0.2, 0.25) is 0 Å². The van der Waals surface area contributed by atoms with Crippen molar-refractivity contribution in [1.29, 1.82) is 0 Å². The number of nitrogen functional groups attached to an aromatic ring is 1. The Hall–Kier alpha value is -0.830. The van der Waals surface area contributed by atoms with Gasteiger partial charge in [0.1, 0.15) is 16.7 Å². The molecule has 0 saturated heterocycles. The van der Waals surface area contributed by atoms with Crippen LogP contribution in [0.15, 0.2) is 12.3 Å². The lowest BCUT2D eigenvalue weighted by Gasteiger charge is -1.94. The van der Waals surface area contributed by atoms with E-state index in [4.69, 9.17) is 17.3 Å². The summed E-state index contributed by atoms with van der Waals surface area (Å²) in [6.45, 7) is 0. The quantitative estimate of drug-likeness (QED) is 0.602. The van der Waals surface area contributed by atoms with Crippen LogP contribution in [0, 0.1) is 5.82 Å². The number of hydrogen-bond donors (Lipinski definition) is 1. The summed E-state index contributed by atoms with van der Waals surface area (Å²) in [5.41, 5.74) is 5.14. The van der Waals surface area contributed by atoms with Crippen LogP contribution in [-0.2, 0) is 0 Å². The van der Waals surface area contributed by atoms with Gasteiger partial charge in [0, 0.05) is 6.20 Å². The average molecular weight is 147 g/mol. The summed E-state index contributed by atoms with van der Waals surface area (Å²) in [6.07, 6.45) is 1.26. The summed E-state index contributed by atoms with van der Waals surface area (Å²) in [6, 6.07) is 1.15. The third-order valence-electron chi connectivity index (χ3n) is 0.869. The van der Waals surface area contributed by atoms with Crippen LogP contribution in [0.5, 0.6) is 0 Å². The molecule has 0 atom stereocenters. The third-order valence-corrected chi connectivity index (χ3v) is 1.24. The van der Waals surface area contributed by atoms with Crippen molar-refractivity contribution in [3.8, 4) is 0 Å². The molecule has 2 N–H and O–H groups in total. The van der Waals surface area contributed by atoms with Gasteiger partial charge >= 0.3 is 0 Å². The minimum atomic E-state index is -0.538. The summed E-state index contributed by atoms with van der Waals surface area (Å²) in [5, 5.41) is -0.113. The Morgan fingerprint density at radius 2 is 2.33 bits per heavy atom. The van der Waals surface area contributed by atoms with E-state index in [-0.39, 0.29) is 10.8 Å². The molecule has 0 radical (unpaired) electrons. The zero-order chi connectivity index (χ0) is 6.85. The van der Waals surface area contributed by atoms with Crippen molar-refractivity contribution < 1.29 is 4.39 Å². The van der Waals surface area contributed by atoms with Gasteiger partial charge in [-0.05, 0) is 6.07 Å². The Morgan fingerprint density at radius 3 is 2.78 bits per heavy atom. The maximum absolute atomic E-state index is 12.3. The molecule has 0 fully saturated rings. The molecule has 0 aliphatic carbocycles. The van der Waals surface area contributed by atoms with Crippen LogP contribution in [0.2, 0.25) is 5.02 Å². The second-order valence-corrected chi connectivity index (χ2v) is 1.87. The molecular formula is C5H4ClFN2. The van der Waals surface area contributed by atoms with Crippen molar-refractivity contribution in [3.05, 3.63) is 23.1 Å². The average Bonchev–Trinajstić information content (AvgIpc) is 1.83. The molecule has 1 aromatic rings. The molecule has 0 aromatic carbocycles. The van der Waals surface area contributed by atoms with Crippen LogP contribution >= 0.6 is 11.6 Å². The molecule has 1 aromatic heterocycles. The van der Waals surface area contributed by atoms with Crippen molar-refractivity contribution >= 4 is 17.4 Å². The highest BCUT2D eigenvalue weighted by Gasteiger charge is 2.00. The van der Waals surface area contributed by atoms with Gasteiger partial charge in [-0.15, -0.1) is 0 Å². The highest BCUT2D eigenvalue weighted by atomic mass is 35.5. The normalized spacial score (nSPS) is 9.56. The van der Waals surface area contributed by atoms with Crippen molar-refractivity contribution in [1.82, 2.24) is 4.98 Å². The third kappa shape index (κ3) is 1.10. The number of pyridine rings is 1. The summed E-state index contributed by atoms with van der Waals surface area (Å²) >= 11 is 5.32. The zero-order valence-electron chi connectivity index (χ0n) is 4.44. The SMILES string of the molecule is Nc1nccc(F)c1Cl. The fourth-order valence-electron chi connectivity index (χ4n) is 0.435. The number of nitrogens with zero attached hydrogens (tertiary/aromatic N) is 1. The topological polar surface area (TPSA) is 38.9 Å². The lowest BCUT2D eigenvalue weighted by molar-refractivity contribution is 0.627. The second kappa shape index (κ2) is 2.19. The summed E-state index contributed by atoms with van der Waals surface area (Å²) in [7, 11) is 0. The summed E-state index contributed by atoms with van der Waals surface area (Å²) < 4.78 is 12.3. The molecular weight excluding hydrogens is 143 g/mol. The maximum atomic E-state index is 12.3. The van der Waals surface area contributed by atoms with Gasteiger partial charge in [0.05, 0.1) is 0 Å². The van der Waals surface area contributed by atoms with Gasteiger partial charge < -0.3 is 5.73 Å². The first-order valence-electron chi connectivity index (χ1n) is 2.27. The number of hydrogen-bond acceptors (Lipinski definition) is 2. The highest BCUT2D eigenvalue weighted by Crippen LogP contribution is 2.17. The number of rotatable bonds is 0. The van der Waals surface area contributed by atoms with E-state index < -0.39 is 5.82 Å². The fraction of sp³-hybridized carbons (Fsp3) is 0. The van der Waals surface area contributed by atoms with E-state index in [9.17, 15) is 4.39 Å². The second-order valence-electron chi connectivity index (χ2n) is 1.49. The fourth-order valence-corrected chi connectivity index (χ4v) is 0.547. The molecule has 4 heteroatoms. The lowest BCUT2D eigenvalue weighted by atomic mass is 10.4. The predicted octanol–water partition coefficient (Wildman–Crippen LogP) is 1.46. The zero-order valence-corrected chi connectivity index (χ0v) is 5.19. The first kappa shape index (κ1) is 6.29. The van der Waals surface area contributed by atoms with E-state index in [0.29, 0.717) is 0 Å². The first-order valence-corrected chi connectivity index (χ1v) is 2.65. The molecule has 0 spiro atoms. The van der Waals surface area contributed by atoms with Crippen molar-refractivity contribution in [2.45, 2.75) is 0 Å². The van der Waals surface area contributed by atoms with Gasteiger partial charge in [-0.1, -0.05) is 11.6 Å². The monoisotopic (exact) mass is 146 g/mol. The lowest BCUT2D eigenvalue weighted by Crippen LogP contribution is -1.91.